The molecule has 1 amide bonds. The van der Waals surface area contributed by atoms with E-state index in [1.807, 2.05) is 7.05 Å². The third kappa shape index (κ3) is 4.46. The normalized spacial score (nSPS) is 26.4. The summed E-state index contributed by atoms with van der Waals surface area (Å²) in [7, 11) is 6.65. The van der Waals surface area contributed by atoms with Crippen LogP contribution in [0.3, 0.4) is 0 Å². The van der Waals surface area contributed by atoms with E-state index < -0.39 is 58.0 Å². The van der Waals surface area contributed by atoms with Gasteiger partial charge < -0.3 is 35.8 Å². The maximum absolute atomic E-state index is 13.9. The van der Waals surface area contributed by atoms with Gasteiger partial charge in [-0.25, -0.2) is 0 Å². The molecular weight excluding hydrogens is 518 g/mol. The zero-order valence-corrected chi connectivity index (χ0v) is 23.8. The smallest absolute Gasteiger partial charge is 0.255 e. The molecule has 0 aliphatic heterocycles. The Bertz CT molecular complexity index is 1330. The number of carbonyl (C=O) groups is 3. The molecule has 4 rings (SSSR count). The maximum atomic E-state index is 13.9. The molecule has 4 atom stereocenters. The van der Waals surface area contributed by atoms with Gasteiger partial charge in [0.1, 0.15) is 28.6 Å². The molecule has 1 aromatic rings. The van der Waals surface area contributed by atoms with Gasteiger partial charge in [-0.1, -0.05) is 13.8 Å². The Labute approximate surface area is 233 Å². The number of ketones is 2. The number of fused-ring (bicyclic) bond motifs is 3. The summed E-state index contributed by atoms with van der Waals surface area (Å²) in [4.78, 5) is 43.0. The number of benzene rings is 1. The number of nitrogens with zero attached hydrogens (tertiary/aromatic N) is 2. The van der Waals surface area contributed by atoms with E-state index in [0.717, 1.165) is 13.0 Å². The first-order valence-corrected chi connectivity index (χ1v) is 13.4. The average molecular weight is 558 g/mol. The summed E-state index contributed by atoms with van der Waals surface area (Å²) in [5, 5.41) is 45.0. The number of aromatic hydroxyl groups is 1. The Kier molecular flexibility index (Phi) is 7.78. The number of phenols is 1. The van der Waals surface area contributed by atoms with E-state index in [-0.39, 0.29) is 29.7 Å². The second-order valence-corrected chi connectivity index (χ2v) is 11.8. The Morgan fingerprint density at radius 2 is 1.85 bits per heavy atom. The van der Waals surface area contributed by atoms with Crippen molar-refractivity contribution in [2.24, 2.45) is 23.5 Å². The summed E-state index contributed by atoms with van der Waals surface area (Å²) in [6.45, 7) is 5.58. The van der Waals surface area contributed by atoms with Crippen molar-refractivity contribution in [3.05, 3.63) is 45.4 Å². The number of rotatable bonds is 8. The van der Waals surface area contributed by atoms with Gasteiger partial charge in [-0.2, -0.15) is 0 Å². The van der Waals surface area contributed by atoms with E-state index in [0.29, 0.717) is 29.3 Å². The highest BCUT2D eigenvalue weighted by Gasteiger charge is 2.63. The van der Waals surface area contributed by atoms with Gasteiger partial charge in [0, 0.05) is 29.2 Å². The Morgan fingerprint density at radius 3 is 2.40 bits per heavy atom. The van der Waals surface area contributed by atoms with Gasteiger partial charge >= 0.3 is 0 Å². The zero-order valence-electron chi connectivity index (χ0n) is 23.8. The number of likely N-dealkylation sites (N-methyl/N-ethyl adjacent to an activating group) is 1. The molecule has 218 valence electrons. The van der Waals surface area contributed by atoms with Gasteiger partial charge in [0.25, 0.3) is 5.91 Å². The number of ether oxygens (including phenoxy) is 1. The fraction of sp³-hybridized carbons (Fsp3) is 0.552. The third-order valence-corrected chi connectivity index (χ3v) is 8.48. The van der Waals surface area contributed by atoms with Gasteiger partial charge in [-0.05, 0) is 64.9 Å². The van der Waals surface area contributed by atoms with Crippen LogP contribution in [0.2, 0.25) is 0 Å². The van der Waals surface area contributed by atoms with Crippen molar-refractivity contribution >= 4 is 17.5 Å². The Balaban J connectivity index is 1.85. The monoisotopic (exact) mass is 557 g/mol. The molecule has 0 fully saturated rings. The maximum Gasteiger partial charge on any atom is 0.255 e. The van der Waals surface area contributed by atoms with Crippen molar-refractivity contribution in [3.63, 3.8) is 0 Å². The number of aliphatic hydroxyl groups excluding tert-OH is 2. The highest BCUT2D eigenvalue weighted by molar-refractivity contribution is 6.24. The molecule has 6 N–H and O–H groups in total. The molecule has 0 aromatic heterocycles. The minimum Gasteiger partial charge on any atom is -0.510 e. The molecule has 11 heteroatoms. The van der Waals surface area contributed by atoms with Crippen molar-refractivity contribution in [1.29, 1.82) is 0 Å². The molecular formula is C29H39N3O8. The topological polar surface area (TPSA) is 174 Å². The number of carbonyl (C=O) groups excluding carboxylic acids is 3. The van der Waals surface area contributed by atoms with Crippen LogP contribution in [0.1, 0.15) is 48.2 Å². The largest absolute Gasteiger partial charge is 0.510 e. The predicted molar refractivity (Wildman–Crippen MR) is 146 cm³/mol. The fourth-order valence-electron chi connectivity index (χ4n) is 6.58. The van der Waals surface area contributed by atoms with Gasteiger partial charge in [0.05, 0.1) is 18.7 Å². The van der Waals surface area contributed by atoms with E-state index in [1.54, 1.807) is 14.1 Å². The molecule has 0 unspecified atom stereocenters. The standard InChI is InChI=1S/C29H39N3O8/c1-13(2)7-8-32(5)12-15-11-18(33)20-16(25(15)40-6)9-14-10-17-22(31(3)4)24(35)21(28(30)38)27(37)29(17,39)26(36)19(14)23(20)34/h11,13-14,17,22,33,35-36,39H,7-10,12H2,1-6H3,(H2,30,38)/t14-,17-,22-,29-/m0/s1. The lowest BCUT2D eigenvalue weighted by Gasteiger charge is -2.50. The van der Waals surface area contributed by atoms with Crippen LogP contribution in [0.15, 0.2) is 28.7 Å². The molecule has 0 spiro atoms. The van der Waals surface area contributed by atoms with Gasteiger partial charge in [-0.15, -0.1) is 0 Å². The van der Waals surface area contributed by atoms with Gasteiger partial charge in [-0.3, -0.25) is 19.3 Å². The molecule has 0 saturated heterocycles. The summed E-state index contributed by atoms with van der Waals surface area (Å²) in [6.07, 6.45) is 1.18. The molecule has 1 aromatic carbocycles. The summed E-state index contributed by atoms with van der Waals surface area (Å²) in [5.41, 5.74) is 2.80. The van der Waals surface area contributed by atoms with Crippen LogP contribution in [0.5, 0.6) is 11.5 Å². The number of phenolic OH excluding ortho intramolecular Hbond substituents is 1. The second kappa shape index (κ2) is 10.5. The zero-order chi connectivity index (χ0) is 29.8. The van der Waals surface area contributed by atoms with Crippen molar-refractivity contribution in [1.82, 2.24) is 9.80 Å². The summed E-state index contributed by atoms with van der Waals surface area (Å²) >= 11 is 0. The molecule has 3 aliphatic rings. The Hall–Kier alpha value is -3.41. The third-order valence-electron chi connectivity index (χ3n) is 8.48. The number of hydrogen-bond donors (Lipinski definition) is 5. The lowest BCUT2D eigenvalue weighted by Crippen LogP contribution is -2.63. The van der Waals surface area contributed by atoms with Crippen molar-refractivity contribution in [2.45, 2.75) is 51.3 Å². The van der Waals surface area contributed by atoms with Crippen LogP contribution >= 0.6 is 0 Å². The quantitative estimate of drug-likeness (QED) is 0.295. The number of aliphatic hydroxyl groups is 3. The highest BCUT2D eigenvalue weighted by Crippen LogP contribution is 2.53. The van der Waals surface area contributed by atoms with Crippen molar-refractivity contribution in [2.75, 3.05) is 34.8 Å². The number of hydrogen-bond acceptors (Lipinski definition) is 10. The van der Waals surface area contributed by atoms with E-state index in [4.69, 9.17) is 10.5 Å². The molecule has 0 radical (unpaired) electrons. The molecule has 11 nitrogen and oxygen atoms in total. The van der Waals surface area contributed by atoms with Crippen molar-refractivity contribution in [3.8, 4) is 11.5 Å². The molecule has 0 bridgehead atoms. The number of methoxy groups -OCH3 is 1. The SMILES string of the molecule is COc1c(CN(C)CCC(C)C)cc(O)c2c1C[C@H]1C[C@H]3[C@H](N(C)C)C(O)=C(C(N)=O)C(=O)[C@@]3(O)C(O)=C1C2=O. The molecule has 40 heavy (non-hydrogen) atoms. The number of allylic oxidation sites excluding steroid dienone is 1. The summed E-state index contributed by atoms with van der Waals surface area (Å²) in [6, 6.07) is 0.432. The van der Waals surface area contributed by atoms with E-state index in [2.05, 4.69) is 18.7 Å². The fourth-order valence-corrected chi connectivity index (χ4v) is 6.58. The second-order valence-electron chi connectivity index (χ2n) is 11.8. The Morgan fingerprint density at radius 1 is 1.20 bits per heavy atom. The van der Waals surface area contributed by atoms with Crippen LogP contribution in [0.25, 0.3) is 0 Å². The van der Waals surface area contributed by atoms with Crippen LogP contribution < -0.4 is 10.5 Å². The van der Waals surface area contributed by atoms with E-state index >= 15 is 0 Å². The lowest BCUT2D eigenvalue weighted by molar-refractivity contribution is -0.148. The van der Waals surface area contributed by atoms with Crippen LogP contribution in [-0.4, -0.2) is 94.1 Å². The van der Waals surface area contributed by atoms with Crippen LogP contribution in [0.4, 0.5) is 0 Å². The van der Waals surface area contributed by atoms with Crippen molar-refractivity contribution < 1.29 is 39.5 Å². The highest BCUT2D eigenvalue weighted by atomic mass is 16.5. The summed E-state index contributed by atoms with van der Waals surface area (Å²) in [5.74, 6) is -5.79. The summed E-state index contributed by atoms with van der Waals surface area (Å²) < 4.78 is 5.76. The number of amides is 1. The van der Waals surface area contributed by atoms with Gasteiger partial charge in [0.15, 0.2) is 11.4 Å². The predicted octanol–water partition coefficient (Wildman–Crippen LogP) is 1.61. The van der Waals surface area contributed by atoms with E-state index in [9.17, 15) is 34.8 Å². The first-order valence-electron chi connectivity index (χ1n) is 13.4. The first kappa shape index (κ1) is 29.6. The minimum absolute atomic E-state index is 0.0220. The first-order chi connectivity index (χ1) is 18.7. The number of primary amides is 1. The van der Waals surface area contributed by atoms with Crippen LogP contribution in [0, 0.1) is 17.8 Å². The minimum atomic E-state index is -2.66. The van der Waals surface area contributed by atoms with Crippen LogP contribution in [-0.2, 0) is 22.6 Å². The number of Topliss-reactive ketones (excluding diaryl/α,β-unsaturated/α-hetero) is 2. The average Bonchev–Trinajstić information content (AvgIpc) is 2.84. The molecule has 0 saturated carbocycles. The van der Waals surface area contributed by atoms with E-state index in [1.165, 1.54) is 18.1 Å². The molecule has 0 heterocycles. The number of nitrogens with two attached hydrogens (primary N) is 1. The molecule has 3 aliphatic carbocycles. The lowest BCUT2D eigenvalue weighted by atomic mass is 9.58. The van der Waals surface area contributed by atoms with Gasteiger partial charge in [0.2, 0.25) is 5.78 Å².